The fraction of sp³-hybridized carbons (Fsp3) is 1.00. The lowest BCUT2D eigenvalue weighted by Gasteiger charge is -2.56. The standard InChI is InChI=1S/C22H33F2NO6S2/c23-22(24,12-30-21-9-15-2-16(10-21)4-17(3-15)11-21)32(26,27)25-33(28,29)31-20-18-5-13-1-14(7-18)8-19(20)6-13/h13-20,25H,1-12H2. The molecule has 8 fully saturated rings. The molecule has 11 heteroatoms. The van der Waals surface area contributed by atoms with Gasteiger partial charge in [-0.1, -0.05) is 4.13 Å². The van der Waals surface area contributed by atoms with Crippen LogP contribution in [0.25, 0.3) is 0 Å². The molecule has 8 aliphatic rings. The first kappa shape index (κ1) is 23.1. The predicted octanol–water partition coefficient (Wildman–Crippen LogP) is 3.57. The summed E-state index contributed by atoms with van der Waals surface area (Å²) in [5.41, 5.74) is -0.705. The predicted molar refractivity (Wildman–Crippen MR) is 115 cm³/mol. The van der Waals surface area contributed by atoms with E-state index in [0.29, 0.717) is 48.9 Å². The van der Waals surface area contributed by atoms with Crippen LogP contribution in [0.2, 0.25) is 0 Å². The van der Waals surface area contributed by atoms with Crippen molar-refractivity contribution >= 4 is 20.3 Å². The van der Waals surface area contributed by atoms with Gasteiger partial charge >= 0.3 is 15.6 Å². The molecule has 188 valence electrons. The third-order valence-corrected chi connectivity index (χ3v) is 12.6. The van der Waals surface area contributed by atoms with Gasteiger partial charge in [0.2, 0.25) is 0 Å². The molecule has 0 aliphatic heterocycles. The molecule has 0 saturated heterocycles. The monoisotopic (exact) mass is 509 g/mol. The fourth-order valence-corrected chi connectivity index (χ4v) is 11.5. The zero-order chi connectivity index (χ0) is 23.2. The molecule has 0 heterocycles. The van der Waals surface area contributed by atoms with Gasteiger partial charge in [-0.2, -0.15) is 17.2 Å². The highest BCUT2D eigenvalue weighted by molar-refractivity contribution is 8.03. The van der Waals surface area contributed by atoms with Gasteiger partial charge in [0, 0.05) is 0 Å². The molecule has 0 aromatic heterocycles. The van der Waals surface area contributed by atoms with Gasteiger partial charge in [-0.05, 0) is 112 Å². The molecule has 8 aliphatic carbocycles. The Labute approximate surface area is 194 Å². The fourth-order valence-electron chi connectivity index (χ4n) is 8.92. The van der Waals surface area contributed by atoms with Gasteiger partial charge in [-0.3, -0.25) is 4.18 Å². The van der Waals surface area contributed by atoms with E-state index in [2.05, 4.69) is 0 Å². The molecule has 1 N–H and O–H groups in total. The average Bonchev–Trinajstić information content (AvgIpc) is 2.67. The lowest BCUT2D eigenvalue weighted by molar-refractivity contribution is -0.185. The number of nitrogens with one attached hydrogen (secondary N) is 1. The van der Waals surface area contributed by atoms with Crippen molar-refractivity contribution in [3.05, 3.63) is 0 Å². The maximum Gasteiger partial charge on any atom is 0.382 e. The van der Waals surface area contributed by atoms with Crippen LogP contribution in [-0.4, -0.2) is 40.4 Å². The molecule has 7 nitrogen and oxygen atoms in total. The Morgan fingerprint density at radius 3 is 1.70 bits per heavy atom. The molecule has 8 bridgehead atoms. The van der Waals surface area contributed by atoms with Crippen molar-refractivity contribution in [2.45, 2.75) is 87.6 Å². The van der Waals surface area contributed by atoms with Crippen LogP contribution in [0.5, 0.6) is 0 Å². The normalized spacial score (nSPS) is 46.2. The Hall–Kier alpha value is -0.360. The molecule has 0 amide bonds. The van der Waals surface area contributed by atoms with Crippen LogP contribution in [0.15, 0.2) is 0 Å². The second-order valence-corrected chi connectivity index (χ2v) is 15.4. The molecular formula is C22H33F2NO6S2. The number of hydrogen-bond acceptors (Lipinski definition) is 6. The summed E-state index contributed by atoms with van der Waals surface area (Å²) >= 11 is 0. The van der Waals surface area contributed by atoms with Crippen LogP contribution >= 0.6 is 0 Å². The first-order valence-electron chi connectivity index (χ1n) is 12.4. The summed E-state index contributed by atoms with van der Waals surface area (Å²) in [6.07, 6.45) is 9.27. The first-order chi connectivity index (χ1) is 15.4. The van der Waals surface area contributed by atoms with Gasteiger partial charge in [-0.15, -0.1) is 0 Å². The minimum absolute atomic E-state index is 0.0421. The third kappa shape index (κ3) is 4.17. The molecule has 0 atom stereocenters. The average molecular weight is 510 g/mol. The van der Waals surface area contributed by atoms with Crippen LogP contribution in [0.4, 0.5) is 8.78 Å². The second-order valence-electron chi connectivity index (χ2n) is 12.1. The van der Waals surface area contributed by atoms with Crippen molar-refractivity contribution in [1.82, 2.24) is 4.13 Å². The van der Waals surface area contributed by atoms with Crippen molar-refractivity contribution in [2.24, 2.45) is 41.4 Å². The summed E-state index contributed by atoms with van der Waals surface area (Å²) in [5, 5.41) is -4.38. The largest absolute Gasteiger partial charge is 0.382 e. The number of ether oxygens (including phenoxy) is 1. The molecule has 33 heavy (non-hydrogen) atoms. The topological polar surface area (TPSA) is 98.8 Å². The number of sulfonamides is 1. The van der Waals surface area contributed by atoms with E-state index in [1.165, 1.54) is 4.13 Å². The van der Waals surface area contributed by atoms with Crippen molar-refractivity contribution in [2.75, 3.05) is 6.61 Å². The molecule has 0 aromatic rings. The summed E-state index contributed by atoms with van der Waals surface area (Å²) in [6, 6.07) is 0. The Morgan fingerprint density at radius 1 is 0.758 bits per heavy atom. The minimum atomic E-state index is -5.55. The molecule has 0 aromatic carbocycles. The number of hydrogen-bond donors (Lipinski definition) is 1. The van der Waals surface area contributed by atoms with E-state index in [-0.39, 0.29) is 11.8 Å². The summed E-state index contributed by atoms with van der Waals surface area (Å²) in [4.78, 5) is 0. The van der Waals surface area contributed by atoms with E-state index in [4.69, 9.17) is 8.92 Å². The minimum Gasteiger partial charge on any atom is -0.367 e. The van der Waals surface area contributed by atoms with Gasteiger partial charge in [-0.25, -0.2) is 8.42 Å². The SMILES string of the molecule is O=S(=O)(NS(=O)(=O)C(F)(F)COC12CC3CC(CC(C3)C1)C2)OC1C2CC3CC(C2)CC1C3. The number of halogens is 2. The Balaban J connectivity index is 1.10. The zero-order valence-corrected chi connectivity index (χ0v) is 20.3. The quantitative estimate of drug-likeness (QED) is 0.537. The van der Waals surface area contributed by atoms with Gasteiger partial charge in [0.25, 0.3) is 10.0 Å². The lowest BCUT2D eigenvalue weighted by Crippen LogP contribution is -2.55. The maximum atomic E-state index is 14.8. The van der Waals surface area contributed by atoms with Crippen LogP contribution in [-0.2, 0) is 29.2 Å². The lowest BCUT2D eigenvalue weighted by atomic mass is 9.54. The van der Waals surface area contributed by atoms with E-state index in [1.54, 1.807) is 0 Å². The van der Waals surface area contributed by atoms with Crippen LogP contribution in [0, 0.1) is 41.4 Å². The molecule has 0 unspecified atom stereocenters. The van der Waals surface area contributed by atoms with Crippen LogP contribution in [0.1, 0.15) is 70.6 Å². The molecule has 8 saturated carbocycles. The zero-order valence-electron chi connectivity index (χ0n) is 18.6. The van der Waals surface area contributed by atoms with E-state index in [1.807, 2.05) is 0 Å². The summed E-state index contributed by atoms with van der Waals surface area (Å²) in [6.45, 7) is -1.35. The Morgan fingerprint density at radius 2 is 1.21 bits per heavy atom. The highest BCUT2D eigenvalue weighted by atomic mass is 32.3. The Kier molecular flexibility index (Phi) is 5.29. The molecule has 0 spiro atoms. The van der Waals surface area contributed by atoms with E-state index >= 15 is 0 Å². The van der Waals surface area contributed by atoms with Crippen molar-refractivity contribution in [3.63, 3.8) is 0 Å². The molecular weight excluding hydrogens is 476 g/mol. The van der Waals surface area contributed by atoms with E-state index in [9.17, 15) is 25.6 Å². The van der Waals surface area contributed by atoms with Gasteiger partial charge in [0.05, 0.1) is 11.7 Å². The van der Waals surface area contributed by atoms with Gasteiger partial charge in [0.1, 0.15) is 6.61 Å². The summed E-state index contributed by atoms with van der Waals surface area (Å²) in [7, 11) is -10.5. The highest BCUT2D eigenvalue weighted by Crippen LogP contribution is 2.57. The van der Waals surface area contributed by atoms with Crippen molar-refractivity contribution < 1.29 is 34.5 Å². The second kappa shape index (κ2) is 7.57. The van der Waals surface area contributed by atoms with Crippen molar-refractivity contribution in [3.8, 4) is 0 Å². The van der Waals surface area contributed by atoms with E-state index in [0.717, 1.165) is 51.4 Å². The number of alkyl halides is 2. The number of rotatable bonds is 8. The molecule has 0 radical (unpaired) electrons. The summed E-state index contributed by atoms with van der Waals surface area (Å²) in [5.74, 6) is 2.58. The first-order valence-corrected chi connectivity index (χ1v) is 15.3. The van der Waals surface area contributed by atoms with Crippen molar-refractivity contribution in [1.29, 1.82) is 0 Å². The van der Waals surface area contributed by atoms with Crippen LogP contribution < -0.4 is 4.13 Å². The van der Waals surface area contributed by atoms with Crippen LogP contribution in [0.3, 0.4) is 0 Å². The highest BCUT2D eigenvalue weighted by Gasteiger charge is 2.56. The van der Waals surface area contributed by atoms with Gasteiger partial charge in [0.15, 0.2) is 0 Å². The maximum absolute atomic E-state index is 14.8. The van der Waals surface area contributed by atoms with E-state index < -0.39 is 43.9 Å². The van der Waals surface area contributed by atoms with Gasteiger partial charge < -0.3 is 4.74 Å². The smallest absolute Gasteiger partial charge is 0.367 e. The Bertz CT molecular complexity index is 951. The summed E-state index contributed by atoms with van der Waals surface area (Å²) < 4.78 is 91.5. The third-order valence-electron chi connectivity index (χ3n) is 9.51. The molecule has 8 rings (SSSR count).